The second kappa shape index (κ2) is 4.90. The van der Waals surface area contributed by atoms with Crippen molar-refractivity contribution in [2.45, 2.75) is 19.1 Å². The molecule has 1 aromatic heterocycles. The van der Waals surface area contributed by atoms with Crippen molar-refractivity contribution in [2.75, 3.05) is 18.6 Å². The van der Waals surface area contributed by atoms with Crippen LogP contribution in [0.5, 0.6) is 0 Å². The monoisotopic (exact) mass is 295 g/mol. The number of ether oxygens (including phenoxy) is 1. The molecule has 0 fully saturated rings. The van der Waals surface area contributed by atoms with Crippen LogP contribution in [-0.2, 0) is 22.6 Å². The van der Waals surface area contributed by atoms with Crippen LogP contribution in [0.3, 0.4) is 0 Å². The van der Waals surface area contributed by atoms with Crippen molar-refractivity contribution in [3.05, 3.63) is 47.3 Å². The minimum absolute atomic E-state index is 0.127. The third-order valence-corrected chi connectivity index (χ3v) is 4.50. The molecule has 1 amide bonds. The smallest absolute Gasteiger partial charge is 0.231 e. The number of carbonyl (C=O) groups excluding carboxylic acids is 1. The van der Waals surface area contributed by atoms with Crippen molar-refractivity contribution in [1.29, 1.82) is 0 Å². The zero-order valence-corrected chi connectivity index (χ0v) is 12.4. The van der Waals surface area contributed by atoms with E-state index in [0.717, 1.165) is 33.5 Å². The van der Waals surface area contributed by atoms with Gasteiger partial charge in [0.25, 0.3) is 0 Å². The van der Waals surface area contributed by atoms with Gasteiger partial charge in [-0.3, -0.25) is 9.78 Å². The average Bonchev–Trinajstić information content (AvgIpc) is 2.81. The molecule has 2 N–H and O–H groups in total. The van der Waals surface area contributed by atoms with Crippen LogP contribution < -0.4 is 10.6 Å². The zero-order chi connectivity index (χ0) is 15.3. The molecule has 2 aromatic rings. The van der Waals surface area contributed by atoms with Crippen LogP contribution in [0, 0.1) is 0 Å². The number of amides is 1. The highest BCUT2D eigenvalue weighted by atomic mass is 16.5. The van der Waals surface area contributed by atoms with Crippen LogP contribution in [0.25, 0.3) is 11.1 Å². The predicted octanol–water partition coefficient (Wildman–Crippen LogP) is 1.80. The lowest BCUT2D eigenvalue weighted by molar-refractivity contribution is -0.117. The SMILES string of the molecule is CN1C(=O)Cc2cc(-c3cncc4c3COCC4N)ccc21. The number of nitrogens with zero attached hydrogens (tertiary/aromatic N) is 2. The van der Waals surface area contributed by atoms with Crippen molar-refractivity contribution in [3.63, 3.8) is 0 Å². The van der Waals surface area contributed by atoms with Gasteiger partial charge in [-0.05, 0) is 34.4 Å². The van der Waals surface area contributed by atoms with E-state index < -0.39 is 0 Å². The van der Waals surface area contributed by atoms with Gasteiger partial charge < -0.3 is 15.4 Å². The maximum Gasteiger partial charge on any atom is 0.231 e. The number of anilines is 1. The Balaban J connectivity index is 1.83. The van der Waals surface area contributed by atoms with Crippen LogP contribution in [0.1, 0.15) is 22.7 Å². The molecule has 0 radical (unpaired) electrons. The van der Waals surface area contributed by atoms with Gasteiger partial charge in [-0.15, -0.1) is 0 Å². The molecule has 2 aliphatic rings. The fraction of sp³-hybridized carbons (Fsp3) is 0.294. The number of carbonyl (C=O) groups is 1. The fourth-order valence-corrected chi connectivity index (χ4v) is 3.25. The number of hydrogen-bond acceptors (Lipinski definition) is 4. The van der Waals surface area contributed by atoms with E-state index in [1.165, 1.54) is 0 Å². The molecule has 3 heterocycles. The van der Waals surface area contributed by atoms with Gasteiger partial charge in [0, 0.05) is 30.7 Å². The summed E-state index contributed by atoms with van der Waals surface area (Å²) < 4.78 is 5.58. The predicted molar refractivity (Wildman–Crippen MR) is 83.4 cm³/mol. The second-order valence-electron chi connectivity index (χ2n) is 5.85. The Labute approximate surface area is 128 Å². The van der Waals surface area contributed by atoms with Crippen LogP contribution >= 0.6 is 0 Å². The van der Waals surface area contributed by atoms with E-state index in [9.17, 15) is 4.79 Å². The molecular formula is C17H17N3O2. The van der Waals surface area contributed by atoms with Gasteiger partial charge in [-0.25, -0.2) is 0 Å². The molecule has 2 aliphatic heterocycles. The molecule has 5 heteroatoms. The molecular weight excluding hydrogens is 278 g/mol. The van der Waals surface area contributed by atoms with Gasteiger partial charge in [-0.1, -0.05) is 6.07 Å². The van der Waals surface area contributed by atoms with Gasteiger partial charge >= 0.3 is 0 Å². The maximum atomic E-state index is 11.8. The Hall–Kier alpha value is -2.24. The molecule has 0 aliphatic carbocycles. The van der Waals surface area contributed by atoms with Gasteiger partial charge in [0.15, 0.2) is 0 Å². The number of likely N-dealkylation sites (N-methyl/N-ethyl adjacent to an activating group) is 1. The van der Waals surface area contributed by atoms with Crippen LogP contribution in [0.15, 0.2) is 30.6 Å². The maximum absolute atomic E-state index is 11.8. The fourth-order valence-electron chi connectivity index (χ4n) is 3.25. The van der Waals surface area contributed by atoms with Crippen molar-refractivity contribution in [2.24, 2.45) is 5.73 Å². The quantitative estimate of drug-likeness (QED) is 0.871. The van der Waals surface area contributed by atoms with Crippen molar-refractivity contribution in [3.8, 4) is 11.1 Å². The average molecular weight is 295 g/mol. The summed E-state index contributed by atoms with van der Waals surface area (Å²) in [4.78, 5) is 17.9. The topological polar surface area (TPSA) is 68.5 Å². The van der Waals surface area contributed by atoms with E-state index in [-0.39, 0.29) is 11.9 Å². The first-order valence-corrected chi connectivity index (χ1v) is 7.35. The first-order chi connectivity index (χ1) is 10.6. The van der Waals surface area contributed by atoms with Gasteiger partial charge in [0.1, 0.15) is 0 Å². The van der Waals surface area contributed by atoms with E-state index >= 15 is 0 Å². The van der Waals surface area contributed by atoms with Crippen molar-refractivity contribution >= 4 is 11.6 Å². The molecule has 112 valence electrons. The zero-order valence-electron chi connectivity index (χ0n) is 12.4. The summed E-state index contributed by atoms with van der Waals surface area (Å²) in [5.74, 6) is 0.130. The number of aromatic nitrogens is 1. The Morgan fingerprint density at radius 1 is 1.36 bits per heavy atom. The van der Waals surface area contributed by atoms with Crippen LogP contribution in [-0.4, -0.2) is 24.5 Å². The number of pyridine rings is 1. The lowest BCUT2D eigenvalue weighted by Crippen LogP contribution is -2.24. The third-order valence-electron chi connectivity index (χ3n) is 4.50. The van der Waals surface area contributed by atoms with Crippen LogP contribution in [0.2, 0.25) is 0 Å². The van der Waals surface area contributed by atoms with E-state index in [4.69, 9.17) is 10.5 Å². The summed E-state index contributed by atoms with van der Waals surface area (Å²) in [7, 11) is 1.81. The molecule has 0 spiro atoms. The van der Waals surface area contributed by atoms with E-state index in [0.29, 0.717) is 19.6 Å². The summed E-state index contributed by atoms with van der Waals surface area (Å²) >= 11 is 0. The first-order valence-electron chi connectivity index (χ1n) is 7.35. The summed E-state index contributed by atoms with van der Waals surface area (Å²) in [6, 6.07) is 5.98. The minimum Gasteiger partial charge on any atom is -0.375 e. The molecule has 4 rings (SSSR count). The number of rotatable bonds is 1. The molecule has 5 nitrogen and oxygen atoms in total. The molecule has 0 bridgehead atoms. The standard InChI is InChI=1S/C17H17N3O2/c1-20-16-3-2-10(4-11(16)5-17(20)21)12-6-19-7-13-14(12)8-22-9-15(13)18/h2-4,6-7,15H,5,8-9,18H2,1H3. The highest BCUT2D eigenvalue weighted by Gasteiger charge is 2.25. The van der Waals surface area contributed by atoms with Gasteiger partial charge in [0.05, 0.1) is 25.7 Å². The lowest BCUT2D eigenvalue weighted by Gasteiger charge is -2.24. The summed E-state index contributed by atoms with van der Waals surface area (Å²) in [6.07, 6.45) is 4.14. The van der Waals surface area contributed by atoms with E-state index in [1.54, 1.807) is 4.90 Å². The number of fused-ring (bicyclic) bond motifs is 2. The highest BCUT2D eigenvalue weighted by molar-refractivity contribution is 6.01. The second-order valence-corrected chi connectivity index (χ2v) is 5.85. The summed E-state index contributed by atoms with van der Waals surface area (Å²) in [5.41, 5.74) is 12.4. The minimum atomic E-state index is -0.127. The normalized spacial score (nSPS) is 20.0. The molecule has 0 saturated carbocycles. The Kier molecular flexibility index (Phi) is 2.99. The number of hydrogen-bond donors (Lipinski definition) is 1. The summed E-state index contributed by atoms with van der Waals surface area (Å²) in [5, 5.41) is 0. The molecule has 1 unspecified atom stereocenters. The largest absolute Gasteiger partial charge is 0.375 e. The van der Waals surface area contributed by atoms with Gasteiger partial charge in [-0.2, -0.15) is 0 Å². The first kappa shape index (κ1) is 13.4. The summed E-state index contributed by atoms with van der Waals surface area (Å²) in [6.45, 7) is 1.08. The van der Waals surface area contributed by atoms with Crippen LogP contribution in [0.4, 0.5) is 5.69 Å². The Bertz CT molecular complexity index is 772. The van der Waals surface area contributed by atoms with E-state index in [1.807, 2.05) is 31.6 Å². The highest BCUT2D eigenvalue weighted by Crippen LogP contribution is 2.35. The number of benzene rings is 1. The molecule has 1 aromatic carbocycles. The molecule has 0 saturated heterocycles. The van der Waals surface area contributed by atoms with Crippen molar-refractivity contribution < 1.29 is 9.53 Å². The van der Waals surface area contributed by atoms with E-state index in [2.05, 4.69) is 11.1 Å². The van der Waals surface area contributed by atoms with Gasteiger partial charge in [0.2, 0.25) is 5.91 Å². The van der Waals surface area contributed by atoms with Crippen molar-refractivity contribution in [1.82, 2.24) is 4.98 Å². The number of nitrogens with two attached hydrogens (primary N) is 1. The molecule has 22 heavy (non-hydrogen) atoms. The lowest BCUT2D eigenvalue weighted by atomic mass is 9.93. The third kappa shape index (κ3) is 1.94. The Morgan fingerprint density at radius 3 is 3.09 bits per heavy atom. The molecule has 1 atom stereocenters. The Morgan fingerprint density at radius 2 is 2.23 bits per heavy atom.